The van der Waals surface area contributed by atoms with Crippen molar-refractivity contribution in [3.63, 3.8) is 0 Å². The Bertz CT molecular complexity index is 806. The number of hydrogen-bond acceptors (Lipinski definition) is 6. The van der Waals surface area contributed by atoms with E-state index >= 15 is 0 Å². The Morgan fingerprint density at radius 1 is 1.22 bits per heavy atom. The largest absolute Gasteiger partial charge is 0.451 e. The van der Waals surface area contributed by atoms with Crippen LogP contribution in [0.5, 0.6) is 0 Å². The molecule has 0 bridgehead atoms. The molecular formula is C15H19N3O4S. The van der Waals surface area contributed by atoms with E-state index in [1.54, 1.807) is 0 Å². The van der Waals surface area contributed by atoms with Crippen LogP contribution in [-0.4, -0.2) is 35.5 Å². The first kappa shape index (κ1) is 14.9. The smallest absolute Gasteiger partial charge is 0.276 e. The Kier molecular flexibility index (Phi) is 3.53. The molecular weight excluding hydrogens is 318 g/mol. The molecule has 8 heteroatoms. The van der Waals surface area contributed by atoms with Crippen molar-refractivity contribution < 1.29 is 17.3 Å². The van der Waals surface area contributed by atoms with Crippen molar-refractivity contribution in [1.82, 2.24) is 14.5 Å². The topological polar surface area (TPSA) is 89.4 Å². The van der Waals surface area contributed by atoms with Crippen LogP contribution in [0.25, 0.3) is 11.5 Å². The molecule has 2 fully saturated rings. The third-order valence-corrected chi connectivity index (χ3v) is 6.38. The summed E-state index contributed by atoms with van der Waals surface area (Å²) < 4.78 is 37.9. The Morgan fingerprint density at radius 3 is 2.78 bits per heavy atom. The minimum absolute atomic E-state index is 0.00725. The Balaban J connectivity index is 1.61. The van der Waals surface area contributed by atoms with E-state index in [0.717, 1.165) is 32.1 Å². The molecule has 23 heavy (non-hydrogen) atoms. The molecule has 0 aromatic carbocycles. The van der Waals surface area contributed by atoms with E-state index in [1.807, 2.05) is 6.92 Å². The highest BCUT2D eigenvalue weighted by Crippen LogP contribution is 2.40. The molecule has 0 N–H and O–H groups in total. The quantitative estimate of drug-likeness (QED) is 0.852. The predicted molar refractivity (Wildman–Crippen MR) is 81.2 cm³/mol. The molecule has 0 unspecified atom stereocenters. The molecule has 1 aliphatic carbocycles. The summed E-state index contributed by atoms with van der Waals surface area (Å²) >= 11 is 0. The van der Waals surface area contributed by atoms with Gasteiger partial charge in [0.15, 0.2) is 0 Å². The molecule has 1 aliphatic heterocycles. The second-order valence-electron chi connectivity index (χ2n) is 6.33. The number of aromatic nitrogens is 2. The fraction of sp³-hybridized carbons (Fsp3) is 0.600. The van der Waals surface area contributed by atoms with Crippen LogP contribution in [0, 0.1) is 0 Å². The van der Waals surface area contributed by atoms with Crippen molar-refractivity contribution in [2.24, 2.45) is 0 Å². The normalized spacial score (nSPS) is 23.3. The number of nitrogens with zero attached hydrogens (tertiary/aromatic N) is 3. The van der Waals surface area contributed by atoms with Crippen molar-refractivity contribution >= 4 is 10.0 Å². The van der Waals surface area contributed by atoms with Gasteiger partial charge in [0.25, 0.3) is 15.9 Å². The van der Waals surface area contributed by atoms with Gasteiger partial charge in [-0.05, 0) is 32.6 Å². The summed E-state index contributed by atoms with van der Waals surface area (Å²) in [4.78, 5) is 0. The van der Waals surface area contributed by atoms with Crippen molar-refractivity contribution in [1.29, 1.82) is 0 Å². The lowest BCUT2D eigenvalue weighted by molar-refractivity contribution is 0.262. The zero-order valence-electron chi connectivity index (χ0n) is 12.9. The Hall–Kier alpha value is -1.67. The summed E-state index contributed by atoms with van der Waals surface area (Å²) in [6.45, 7) is 2.46. The van der Waals surface area contributed by atoms with E-state index in [4.69, 9.17) is 8.83 Å². The van der Waals surface area contributed by atoms with Crippen LogP contribution in [0.4, 0.5) is 0 Å². The lowest BCUT2D eigenvalue weighted by atomic mass is 10.1. The van der Waals surface area contributed by atoms with E-state index in [2.05, 4.69) is 10.2 Å². The Labute approximate surface area is 134 Å². The number of hydrogen-bond donors (Lipinski definition) is 0. The van der Waals surface area contributed by atoms with E-state index < -0.39 is 10.0 Å². The average molecular weight is 337 g/mol. The predicted octanol–water partition coefficient (Wildman–Crippen LogP) is 2.77. The molecule has 3 heterocycles. The summed E-state index contributed by atoms with van der Waals surface area (Å²) in [7, 11) is -3.62. The highest BCUT2D eigenvalue weighted by atomic mass is 32.2. The molecule has 0 radical (unpaired) electrons. The summed E-state index contributed by atoms with van der Waals surface area (Å²) in [5, 5.41) is 7.93. The minimum Gasteiger partial charge on any atom is -0.451 e. The molecule has 1 atom stereocenters. The molecule has 4 rings (SSSR count). The first-order valence-corrected chi connectivity index (χ1v) is 9.44. The van der Waals surface area contributed by atoms with Gasteiger partial charge in [0.2, 0.25) is 11.0 Å². The van der Waals surface area contributed by atoms with Gasteiger partial charge in [-0.3, -0.25) is 0 Å². The zero-order chi connectivity index (χ0) is 16.0. The SMILES string of the molecule is C[C@H]1CCCCN1S(=O)(=O)c1cc(-c2nnc(C3CC3)o2)co1. The van der Waals surface area contributed by atoms with Crippen LogP contribution >= 0.6 is 0 Å². The summed E-state index contributed by atoms with van der Waals surface area (Å²) in [6.07, 6.45) is 6.32. The van der Waals surface area contributed by atoms with Crippen molar-refractivity contribution in [2.45, 2.75) is 56.1 Å². The molecule has 7 nitrogen and oxygen atoms in total. The van der Waals surface area contributed by atoms with Crippen LogP contribution in [-0.2, 0) is 10.0 Å². The van der Waals surface area contributed by atoms with Crippen LogP contribution < -0.4 is 0 Å². The van der Waals surface area contributed by atoms with E-state index in [9.17, 15) is 8.42 Å². The third kappa shape index (κ3) is 2.70. The standard InChI is InChI=1S/C15H19N3O4S/c1-10-4-2-3-7-18(10)23(19,20)13-8-12(9-21-13)15-17-16-14(22-15)11-5-6-11/h8-11H,2-7H2,1H3/t10-/m0/s1. The second-order valence-corrected chi connectivity index (χ2v) is 8.16. The van der Waals surface area contributed by atoms with Crippen molar-refractivity contribution in [3.8, 4) is 11.5 Å². The second kappa shape index (κ2) is 5.45. The minimum atomic E-state index is -3.62. The van der Waals surface area contributed by atoms with Crippen molar-refractivity contribution in [2.75, 3.05) is 6.54 Å². The van der Waals surface area contributed by atoms with Gasteiger partial charge in [0.05, 0.1) is 5.56 Å². The van der Waals surface area contributed by atoms with Gasteiger partial charge < -0.3 is 8.83 Å². The first-order valence-electron chi connectivity index (χ1n) is 8.00. The average Bonchev–Trinajstić information content (AvgIpc) is 3.07. The lowest BCUT2D eigenvalue weighted by Gasteiger charge is -2.31. The highest BCUT2D eigenvalue weighted by molar-refractivity contribution is 7.89. The van der Waals surface area contributed by atoms with Crippen LogP contribution in [0.3, 0.4) is 0 Å². The van der Waals surface area contributed by atoms with Gasteiger partial charge in [-0.15, -0.1) is 10.2 Å². The summed E-state index contributed by atoms with van der Waals surface area (Å²) in [5.41, 5.74) is 0.507. The van der Waals surface area contributed by atoms with E-state index in [-0.39, 0.29) is 11.1 Å². The van der Waals surface area contributed by atoms with Gasteiger partial charge in [0, 0.05) is 24.6 Å². The lowest BCUT2D eigenvalue weighted by Crippen LogP contribution is -2.41. The van der Waals surface area contributed by atoms with Crippen LogP contribution in [0.15, 0.2) is 26.3 Å². The highest BCUT2D eigenvalue weighted by Gasteiger charge is 2.34. The van der Waals surface area contributed by atoms with Gasteiger partial charge in [0.1, 0.15) is 6.26 Å². The fourth-order valence-corrected chi connectivity index (χ4v) is 4.58. The van der Waals surface area contributed by atoms with Gasteiger partial charge >= 0.3 is 0 Å². The third-order valence-electron chi connectivity index (χ3n) is 4.49. The molecule has 2 aliphatic rings. The fourth-order valence-electron chi connectivity index (χ4n) is 2.95. The number of rotatable bonds is 4. The molecule has 1 saturated carbocycles. The maximum absolute atomic E-state index is 12.7. The van der Waals surface area contributed by atoms with Crippen molar-refractivity contribution in [3.05, 3.63) is 18.2 Å². The maximum atomic E-state index is 12.7. The molecule has 0 spiro atoms. The molecule has 2 aromatic rings. The van der Waals surface area contributed by atoms with Gasteiger partial charge in [-0.25, -0.2) is 8.42 Å². The van der Waals surface area contributed by atoms with Gasteiger partial charge in [-0.2, -0.15) is 4.31 Å². The van der Waals surface area contributed by atoms with Gasteiger partial charge in [-0.1, -0.05) is 6.42 Å². The number of piperidine rings is 1. The molecule has 0 amide bonds. The Morgan fingerprint density at radius 2 is 2.04 bits per heavy atom. The summed E-state index contributed by atoms with van der Waals surface area (Å²) in [6, 6.07) is 1.47. The van der Waals surface area contributed by atoms with Crippen LogP contribution in [0.2, 0.25) is 0 Å². The molecule has 124 valence electrons. The first-order chi connectivity index (χ1) is 11.1. The number of furan rings is 1. The van der Waals surface area contributed by atoms with Crippen LogP contribution in [0.1, 0.15) is 50.8 Å². The summed E-state index contributed by atoms with van der Waals surface area (Å²) in [5.74, 6) is 1.29. The number of sulfonamides is 1. The zero-order valence-corrected chi connectivity index (χ0v) is 13.8. The van der Waals surface area contributed by atoms with E-state index in [0.29, 0.717) is 29.8 Å². The molecule has 2 aromatic heterocycles. The monoisotopic (exact) mass is 337 g/mol. The van der Waals surface area contributed by atoms with E-state index in [1.165, 1.54) is 16.6 Å². The molecule has 1 saturated heterocycles. The maximum Gasteiger partial charge on any atom is 0.276 e.